The molecule has 6 heteroatoms. The van der Waals surface area contributed by atoms with Crippen LogP contribution in [0, 0.1) is 0 Å². The topological polar surface area (TPSA) is 71.1 Å². The number of benzene rings is 2. The predicted molar refractivity (Wildman–Crippen MR) is 117 cm³/mol. The van der Waals surface area contributed by atoms with Gasteiger partial charge in [-0.25, -0.2) is 4.98 Å². The lowest BCUT2D eigenvalue weighted by atomic mass is 10.0. The van der Waals surface area contributed by atoms with Crippen LogP contribution >= 0.6 is 11.3 Å². The Kier molecular flexibility index (Phi) is 5.81. The van der Waals surface area contributed by atoms with E-state index < -0.39 is 6.04 Å². The molecule has 1 atom stereocenters. The summed E-state index contributed by atoms with van der Waals surface area (Å²) in [6.07, 6.45) is 7.66. The summed E-state index contributed by atoms with van der Waals surface area (Å²) in [5.74, 6) is -0.434. The molecule has 1 aromatic heterocycles. The Morgan fingerprint density at radius 3 is 2.76 bits per heavy atom. The van der Waals surface area contributed by atoms with Crippen molar-refractivity contribution in [3.05, 3.63) is 83.4 Å². The minimum Gasteiger partial charge on any atom is -0.340 e. The first kappa shape index (κ1) is 19.1. The number of amides is 2. The van der Waals surface area contributed by atoms with E-state index in [0.29, 0.717) is 24.1 Å². The lowest BCUT2D eigenvalue weighted by molar-refractivity contribution is -0.124. The van der Waals surface area contributed by atoms with Gasteiger partial charge in [0.25, 0.3) is 0 Å². The number of rotatable bonds is 6. The molecule has 0 bridgehead atoms. The van der Waals surface area contributed by atoms with Crippen LogP contribution in [-0.4, -0.2) is 22.8 Å². The molecule has 1 aliphatic carbocycles. The molecule has 1 heterocycles. The Labute approximate surface area is 173 Å². The number of fused-ring (bicyclic) bond motifs is 1. The number of hydrogen-bond acceptors (Lipinski definition) is 4. The van der Waals surface area contributed by atoms with E-state index in [1.807, 2.05) is 66.8 Å². The fourth-order valence-corrected chi connectivity index (χ4v) is 4.07. The summed E-state index contributed by atoms with van der Waals surface area (Å²) in [6, 6.07) is 14.7. The molecular weight excluding hydrogens is 382 g/mol. The van der Waals surface area contributed by atoms with Gasteiger partial charge in [0.2, 0.25) is 11.8 Å². The number of nitrogens with zero attached hydrogens (tertiary/aromatic N) is 1. The third kappa shape index (κ3) is 4.60. The number of aromatic nitrogens is 1. The summed E-state index contributed by atoms with van der Waals surface area (Å²) in [5, 5.41) is 5.91. The van der Waals surface area contributed by atoms with Crippen LogP contribution in [0.1, 0.15) is 18.4 Å². The third-order valence-electron chi connectivity index (χ3n) is 4.82. The quantitative estimate of drug-likeness (QED) is 0.647. The first-order valence-corrected chi connectivity index (χ1v) is 10.4. The molecule has 0 saturated carbocycles. The van der Waals surface area contributed by atoms with Crippen molar-refractivity contribution in [2.24, 2.45) is 0 Å². The van der Waals surface area contributed by atoms with Gasteiger partial charge < -0.3 is 10.6 Å². The molecule has 0 spiro atoms. The van der Waals surface area contributed by atoms with E-state index in [2.05, 4.69) is 15.6 Å². The summed E-state index contributed by atoms with van der Waals surface area (Å²) < 4.78 is 0.922. The largest absolute Gasteiger partial charge is 0.340 e. The van der Waals surface area contributed by atoms with Gasteiger partial charge in [-0.05, 0) is 30.5 Å². The van der Waals surface area contributed by atoms with Crippen molar-refractivity contribution in [2.45, 2.75) is 25.3 Å². The number of anilines is 1. The SMILES string of the molecule is O=C(NC(Cc1ccccc1)C(=O)Nc1cccc2ncsc12)C1=CC=CCC1. The smallest absolute Gasteiger partial charge is 0.247 e. The molecule has 2 amide bonds. The summed E-state index contributed by atoms with van der Waals surface area (Å²) in [5.41, 5.74) is 4.99. The number of nitrogens with one attached hydrogen (secondary N) is 2. The zero-order valence-electron chi connectivity index (χ0n) is 15.8. The first-order valence-electron chi connectivity index (χ1n) is 9.54. The summed E-state index contributed by atoms with van der Waals surface area (Å²) in [4.78, 5) is 30.1. The van der Waals surface area contributed by atoms with E-state index in [0.717, 1.165) is 22.2 Å². The average molecular weight is 404 g/mol. The Hall–Kier alpha value is -3.25. The van der Waals surface area contributed by atoms with Gasteiger partial charge in [-0.15, -0.1) is 11.3 Å². The van der Waals surface area contributed by atoms with Gasteiger partial charge in [-0.2, -0.15) is 0 Å². The van der Waals surface area contributed by atoms with Gasteiger partial charge in [-0.3, -0.25) is 9.59 Å². The Balaban J connectivity index is 1.55. The molecule has 0 aliphatic heterocycles. The fourth-order valence-electron chi connectivity index (χ4n) is 3.31. The molecular formula is C23H21N3O2S. The van der Waals surface area contributed by atoms with Crippen molar-refractivity contribution in [3.8, 4) is 0 Å². The zero-order chi connectivity index (χ0) is 20.1. The third-order valence-corrected chi connectivity index (χ3v) is 5.70. The minimum absolute atomic E-state index is 0.193. The lowest BCUT2D eigenvalue weighted by Gasteiger charge is -2.20. The molecule has 0 radical (unpaired) electrons. The molecule has 29 heavy (non-hydrogen) atoms. The maximum Gasteiger partial charge on any atom is 0.247 e. The maximum atomic E-state index is 13.1. The second-order valence-corrected chi connectivity index (χ2v) is 7.72. The Morgan fingerprint density at radius 2 is 1.97 bits per heavy atom. The molecule has 0 saturated heterocycles. The summed E-state index contributed by atoms with van der Waals surface area (Å²) in [6.45, 7) is 0. The van der Waals surface area contributed by atoms with Gasteiger partial charge >= 0.3 is 0 Å². The highest BCUT2D eigenvalue weighted by Gasteiger charge is 2.24. The van der Waals surface area contributed by atoms with Gasteiger partial charge in [0.15, 0.2) is 0 Å². The van der Waals surface area contributed by atoms with Gasteiger partial charge in [0.05, 0.1) is 21.4 Å². The van der Waals surface area contributed by atoms with Crippen LogP contribution in [0.4, 0.5) is 5.69 Å². The normalized spacial score (nSPS) is 14.3. The highest BCUT2D eigenvalue weighted by atomic mass is 32.1. The van der Waals surface area contributed by atoms with Gasteiger partial charge in [0.1, 0.15) is 6.04 Å². The number of allylic oxidation sites excluding steroid dienone is 3. The van der Waals surface area contributed by atoms with Gasteiger partial charge in [0, 0.05) is 12.0 Å². The highest BCUT2D eigenvalue weighted by molar-refractivity contribution is 7.17. The first-order chi connectivity index (χ1) is 14.2. The predicted octanol–water partition coefficient (Wildman–Crippen LogP) is 4.24. The number of carbonyl (C=O) groups is 2. The fraction of sp³-hybridized carbons (Fsp3) is 0.174. The Bertz CT molecular complexity index is 1090. The molecule has 1 aliphatic rings. The van der Waals surface area contributed by atoms with E-state index in [-0.39, 0.29) is 11.8 Å². The van der Waals surface area contributed by atoms with Crippen molar-refractivity contribution in [3.63, 3.8) is 0 Å². The zero-order valence-corrected chi connectivity index (χ0v) is 16.6. The molecule has 5 nitrogen and oxygen atoms in total. The minimum atomic E-state index is -0.681. The van der Waals surface area contributed by atoms with Crippen molar-refractivity contribution >= 4 is 39.1 Å². The molecule has 1 unspecified atom stereocenters. The second-order valence-electron chi connectivity index (χ2n) is 6.87. The molecule has 2 aromatic carbocycles. The average Bonchev–Trinajstić information content (AvgIpc) is 3.24. The van der Waals surface area contributed by atoms with Crippen molar-refractivity contribution < 1.29 is 9.59 Å². The molecule has 0 fully saturated rings. The van der Waals surface area contributed by atoms with E-state index in [1.54, 1.807) is 5.51 Å². The molecule has 2 N–H and O–H groups in total. The van der Waals surface area contributed by atoms with E-state index in [1.165, 1.54) is 11.3 Å². The number of carbonyl (C=O) groups excluding carboxylic acids is 2. The van der Waals surface area contributed by atoms with Crippen LogP contribution in [0.5, 0.6) is 0 Å². The lowest BCUT2D eigenvalue weighted by Crippen LogP contribution is -2.45. The Morgan fingerprint density at radius 1 is 1.10 bits per heavy atom. The maximum absolute atomic E-state index is 13.1. The van der Waals surface area contributed by atoms with E-state index in [9.17, 15) is 9.59 Å². The van der Waals surface area contributed by atoms with Crippen molar-refractivity contribution in [2.75, 3.05) is 5.32 Å². The molecule has 3 aromatic rings. The standard InChI is InChI=1S/C23H21N3O2S/c27-22(17-10-5-2-6-11-17)26-20(14-16-8-3-1-4-9-16)23(28)25-19-13-7-12-18-21(19)29-15-24-18/h1-5,7-10,12-13,15,20H,6,11,14H2,(H,25,28)(H,26,27). The van der Waals surface area contributed by atoms with E-state index in [4.69, 9.17) is 0 Å². The van der Waals surface area contributed by atoms with Crippen LogP contribution < -0.4 is 10.6 Å². The monoisotopic (exact) mass is 403 g/mol. The van der Waals surface area contributed by atoms with E-state index >= 15 is 0 Å². The van der Waals surface area contributed by atoms with Gasteiger partial charge in [-0.1, -0.05) is 54.6 Å². The number of hydrogen-bond donors (Lipinski definition) is 2. The number of thiazole rings is 1. The van der Waals surface area contributed by atoms with Crippen LogP contribution in [0.3, 0.4) is 0 Å². The molecule has 4 rings (SSSR count). The van der Waals surface area contributed by atoms with Crippen molar-refractivity contribution in [1.82, 2.24) is 10.3 Å². The van der Waals surface area contributed by atoms with Crippen LogP contribution in [0.25, 0.3) is 10.2 Å². The molecule has 146 valence electrons. The van der Waals surface area contributed by atoms with Crippen molar-refractivity contribution in [1.29, 1.82) is 0 Å². The summed E-state index contributed by atoms with van der Waals surface area (Å²) in [7, 11) is 0. The van der Waals surface area contributed by atoms with Crippen LogP contribution in [-0.2, 0) is 16.0 Å². The second kappa shape index (κ2) is 8.84. The van der Waals surface area contributed by atoms with Crippen LogP contribution in [0.15, 0.2) is 77.8 Å². The summed E-state index contributed by atoms with van der Waals surface area (Å²) >= 11 is 1.48. The highest BCUT2D eigenvalue weighted by Crippen LogP contribution is 2.26. The van der Waals surface area contributed by atoms with Crippen LogP contribution in [0.2, 0.25) is 0 Å².